The molecule has 0 aliphatic rings. The minimum Gasteiger partial charge on any atom is -0.489 e. The first-order valence-electron chi connectivity index (χ1n) is 8.75. The van der Waals surface area contributed by atoms with E-state index in [0.29, 0.717) is 6.54 Å². The molecule has 1 unspecified atom stereocenters. The summed E-state index contributed by atoms with van der Waals surface area (Å²) in [4.78, 5) is 10.5. The second-order valence-corrected chi connectivity index (χ2v) is 7.17. The molecule has 0 fully saturated rings. The van der Waals surface area contributed by atoms with E-state index in [1.54, 1.807) is 11.3 Å². The number of guanidine groups is 1. The van der Waals surface area contributed by atoms with Crippen LogP contribution in [-0.4, -0.2) is 36.7 Å². The predicted octanol–water partition coefficient (Wildman–Crippen LogP) is 3.94. The molecule has 0 bridgehead atoms. The Morgan fingerprint density at radius 3 is 2.58 bits per heavy atom. The summed E-state index contributed by atoms with van der Waals surface area (Å²) >= 11 is 1.77. The van der Waals surface area contributed by atoms with Gasteiger partial charge in [-0.05, 0) is 39.8 Å². The summed E-state index contributed by atoms with van der Waals surface area (Å²) in [6, 6.07) is 9.84. The normalized spacial score (nSPS) is 12.2. The number of aliphatic imine (C=N–C) groups is 1. The minimum absolute atomic E-state index is 0. The fraction of sp³-hybridized carbons (Fsp3) is 0.474. The molecule has 2 aromatic rings. The molecule has 0 spiro atoms. The van der Waals surface area contributed by atoms with Crippen molar-refractivity contribution >= 4 is 41.3 Å². The number of rotatable bonds is 8. The first-order chi connectivity index (χ1) is 12.1. The van der Waals surface area contributed by atoms with E-state index in [2.05, 4.69) is 41.4 Å². The van der Waals surface area contributed by atoms with Crippen LogP contribution in [0.3, 0.4) is 0 Å². The number of benzene rings is 1. The largest absolute Gasteiger partial charge is 0.489 e. The summed E-state index contributed by atoms with van der Waals surface area (Å²) in [5, 5.41) is 7.80. The van der Waals surface area contributed by atoms with E-state index in [1.165, 1.54) is 9.88 Å². The lowest BCUT2D eigenvalue weighted by molar-refractivity contribution is 0.230. The molecule has 2 N–H and O–H groups in total. The van der Waals surface area contributed by atoms with Crippen molar-refractivity contribution in [3.05, 3.63) is 45.9 Å². The van der Waals surface area contributed by atoms with Gasteiger partial charge in [0.1, 0.15) is 11.9 Å². The highest BCUT2D eigenvalue weighted by atomic mass is 127. The Morgan fingerprint density at radius 2 is 1.96 bits per heavy atom. The number of nitrogens with zero attached hydrogens (tertiary/aromatic N) is 2. The molecular formula is C19H29IN4OS. The van der Waals surface area contributed by atoms with E-state index in [4.69, 9.17) is 4.74 Å². The van der Waals surface area contributed by atoms with Crippen molar-refractivity contribution in [1.82, 2.24) is 15.6 Å². The number of halogens is 1. The number of ether oxygens (including phenoxy) is 1. The molecule has 5 nitrogen and oxygen atoms in total. The first kappa shape index (κ1) is 22.7. The summed E-state index contributed by atoms with van der Waals surface area (Å²) in [6.45, 7) is 10.5. The maximum absolute atomic E-state index is 5.86. The van der Waals surface area contributed by atoms with Gasteiger partial charge in [-0.15, -0.1) is 35.3 Å². The van der Waals surface area contributed by atoms with Crippen LogP contribution in [0, 0.1) is 13.8 Å². The lowest BCUT2D eigenvalue weighted by Crippen LogP contribution is -2.39. The van der Waals surface area contributed by atoms with Gasteiger partial charge in [-0.2, -0.15) is 0 Å². The lowest BCUT2D eigenvalue weighted by Gasteiger charge is -2.15. The maximum atomic E-state index is 5.86. The van der Waals surface area contributed by atoms with E-state index in [0.717, 1.165) is 36.9 Å². The van der Waals surface area contributed by atoms with Crippen LogP contribution in [0.4, 0.5) is 0 Å². The zero-order valence-electron chi connectivity index (χ0n) is 15.9. The standard InChI is InChI=1S/C19H28N4OS.HI/c1-5-20-19(21-12-11-18-23-15(3)16(4)25-18)22-13-14(2)24-17-9-7-6-8-10-17;/h6-10,14H,5,11-13H2,1-4H3,(H2,20,21,22);1H. The van der Waals surface area contributed by atoms with Crippen LogP contribution in [0.15, 0.2) is 35.3 Å². The van der Waals surface area contributed by atoms with Crippen molar-refractivity contribution < 1.29 is 4.74 Å². The van der Waals surface area contributed by atoms with Crippen LogP contribution in [0.1, 0.15) is 29.4 Å². The van der Waals surface area contributed by atoms with Crippen LogP contribution >= 0.6 is 35.3 Å². The average Bonchev–Trinajstić information content (AvgIpc) is 2.91. The van der Waals surface area contributed by atoms with E-state index < -0.39 is 0 Å². The van der Waals surface area contributed by atoms with Crippen LogP contribution in [0.5, 0.6) is 5.75 Å². The maximum Gasteiger partial charge on any atom is 0.191 e. The molecule has 0 amide bonds. The number of para-hydroxylation sites is 1. The molecule has 0 radical (unpaired) electrons. The fourth-order valence-electron chi connectivity index (χ4n) is 2.26. The van der Waals surface area contributed by atoms with Gasteiger partial charge in [0, 0.05) is 24.4 Å². The Hall–Kier alpha value is -1.35. The fourth-order valence-corrected chi connectivity index (χ4v) is 3.20. The second kappa shape index (κ2) is 12.1. The highest BCUT2D eigenvalue weighted by Crippen LogP contribution is 2.16. The van der Waals surface area contributed by atoms with Crippen LogP contribution in [0.25, 0.3) is 0 Å². The van der Waals surface area contributed by atoms with Crippen molar-refractivity contribution in [2.75, 3.05) is 19.6 Å². The molecule has 1 heterocycles. The SMILES string of the molecule is CCNC(=NCC(C)Oc1ccccc1)NCCc1nc(C)c(C)s1.I. The molecule has 144 valence electrons. The van der Waals surface area contributed by atoms with E-state index in [9.17, 15) is 0 Å². The third-order valence-corrected chi connectivity index (χ3v) is 4.77. The number of hydrogen-bond donors (Lipinski definition) is 2. The molecule has 7 heteroatoms. The van der Waals surface area contributed by atoms with Crippen molar-refractivity contribution in [3.8, 4) is 5.75 Å². The summed E-state index contributed by atoms with van der Waals surface area (Å²) in [7, 11) is 0. The molecule has 0 saturated heterocycles. The Morgan fingerprint density at radius 1 is 1.23 bits per heavy atom. The van der Waals surface area contributed by atoms with Gasteiger partial charge < -0.3 is 15.4 Å². The van der Waals surface area contributed by atoms with E-state index in [-0.39, 0.29) is 30.1 Å². The molecule has 0 aliphatic carbocycles. The third kappa shape index (κ3) is 7.90. The molecule has 26 heavy (non-hydrogen) atoms. The summed E-state index contributed by atoms with van der Waals surface area (Å²) in [6.07, 6.45) is 0.918. The van der Waals surface area contributed by atoms with Crippen LogP contribution in [-0.2, 0) is 6.42 Å². The first-order valence-corrected chi connectivity index (χ1v) is 9.57. The molecule has 0 saturated carbocycles. The number of thiazole rings is 1. The Bertz CT molecular complexity index is 656. The highest BCUT2D eigenvalue weighted by molar-refractivity contribution is 14.0. The van der Waals surface area contributed by atoms with Crippen molar-refractivity contribution in [2.45, 2.75) is 40.2 Å². The highest BCUT2D eigenvalue weighted by Gasteiger charge is 2.06. The van der Waals surface area contributed by atoms with Gasteiger partial charge in [0.25, 0.3) is 0 Å². The monoisotopic (exact) mass is 488 g/mol. The summed E-state index contributed by atoms with van der Waals surface area (Å²) < 4.78 is 5.86. The third-order valence-electron chi connectivity index (χ3n) is 3.64. The molecular weight excluding hydrogens is 459 g/mol. The minimum atomic E-state index is 0. The van der Waals surface area contributed by atoms with Gasteiger partial charge in [0.2, 0.25) is 0 Å². The Kier molecular flexibility index (Phi) is 10.6. The smallest absolute Gasteiger partial charge is 0.191 e. The molecule has 1 atom stereocenters. The van der Waals surface area contributed by atoms with E-state index >= 15 is 0 Å². The van der Waals surface area contributed by atoms with Gasteiger partial charge in [-0.25, -0.2) is 9.98 Å². The van der Waals surface area contributed by atoms with Crippen molar-refractivity contribution in [2.24, 2.45) is 4.99 Å². The molecule has 0 aliphatic heterocycles. The van der Waals surface area contributed by atoms with Crippen LogP contribution < -0.4 is 15.4 Å². The topological polar surface area (TPSA) is 58.5 Å². The van der Waals surface area contributed by atoms with Crippen LogP contribution in [0.2, 0.25) is 0 Å². The molecule has 2 rings (SSSR count). The second-order valence-electron chi connectivity index (χ2n) is 5.89. The Labute approximate surface area is 177 Å². The Balaban J connectivity index is 0.00000338. The van der Waals surface area contributed by atoms with Gasteiger partial charge >= 0.3 is 0 Å². The average molecular weight is 488 g/mol. The van der Waals surface area contributed by atoms with Gasteiger partial charge in [-0.1, -0.05) is 18.2 Å². The number of aryl methyl sites for hydroxylation is 2. The lowest BCUT2D eigenvalue weighted by atomic mass is 10.3. The summed E-state index contributed by atoms with van der Waals surface area (Å²) in [5.74, 6) is 1.69. The van der Waals surface area contributed by atoms with Gasteiger partial charge in [-0.3, -0.25) is 0 Å². The van der Waals surface area contributed by atoms with E-state index in [1.807, 2.05) is 37.3 Å². The molecule has 1 aromatic carbocycles. The number of aromatic nitrogens is 1. The van der Waals surface area contributed by atoms with Crippen molar-refractivity contribution in [1.29, 1.82) is 0 Å². The summed E-state index contributed by atoms with van der Waals surface area (Å²) in [5.41, 5.74) is 1.13. The number of hydrogen-bond acceptors (Lipinski definition) is 4. The number of nitrogens with one attached hydrogen (secondary N) is 2. The van der Waals surface area contributed by atoms with Gasteiger partial charge in [0.05, 0.1) is 17.2 Å². The molecule has 1 aromatic heterocycles. The van der Waals surface area contributed by atoms with Crippen molar-refractivity contribution in [3.63, 3.8) is 0 Å². The zero-order valence-corrected chi connectivity index (χ0v) is 19.1. The zero-order chi connectivity index (χ0) is 18.1. The quantitative estimate of drug-likeness (QED) is 0.336. The van der Waals surface area contributed by atoms with Gasteiger partial charge in [0.15, 0.2) is 5.96 Å². The predicted molar refractivity (Wildman–Crippen MR) is 121 cm³/mol.